The molecule has 0 aromatic heterocycles. The van der Waals surface area contributed by atoms with Crippen LogP contribution in [0.25, 0.3) is 0 Å². The van der Waals surface area contributed by atoms with Crippen LogP contribution in [0.5, 0.6) is 5.75 Å². The summed E-state index contributed by atoms with van der Waals surface area (Å²) in [7, 11) is -3.26. The normalized spacial score (nSPS) is 11.3. The molecule has 118 valence electrons. The van der Waals surface area contributed by atoms with Crippen LogP contribution in [0.3, 0.4) is 0 Å². The number of para-hydroxylation sites is 2. The lowest BCUT2D eigenvalue weighted by molar-refractivity contribution is 0.244. The summed E-state index contributed by atoms with van der Waals surface area (Å²) in [4.78, 5) is 0. The SMILES string of the molecule is CC(C)Oc1ccccc1Nc1ccc(NS(C)(=O)=O)cc1. The third-order valence-corrected chi connectivity index (χ3v) is 3.32. The molecule has 0 saturated carbocycles. The second-order valence-electron chi connectivity index (χ2n) is 5.24. The molecule has 0 radical (unpaired) electrons. The zero-order chi connectivity index (χ0) is 16.2. The molecule has 2 aromatic carbocycles. The Bertz CT molecular complexity index is 725. The van der Waals surface area contributed by atoms with E-state index in [1.54, 1.807) is 24.3 Å². The van der Waals surface area contributed by atoms with Crippen LogP contribution in [0.15, 0.2) is 48.5 Å². The Hall–Kier alpha value is -2.21. The fourth-order valence-electron chi connectivity index (χ4n) is 1.92. The van der Waals surface area contributed by atoms with Crippen molar-refractivity contribution >= 4 is 27.1 Å². The third kappa shape index (κ3) is 4.96. The van der Waals surface area contributed by atoms with Crippen LogP contribution < -0.4 is 14.8 Å². The van der Waals surface area contributed by atoms with Crippen molar-refractivity contribution in [1.29, 1.82) is 0 Å². The number of hydrogen-bond donors (Lipinski definition) is 2. The molecule has 0 aliphatic rings. The van der Waals surface area contributed by atoms with E-state index in [9.17, 15) is 8.42 Å². The summed E-state index contributed by atoms with van der Waals surface area (Å²) in [5.74, 6) is 0.774. The Morgan fingerprint density at radius 1 is 0.955 bits per heavy atom. The summed E-state index contributed by atoms with van der Waals surface area (Å²) in [5.41, 5.74) is 2.23. The van der Waals surface area contributed by atoms with Gasteiger partial charge in [-0.15, -0.1) is 0 Å². The van der Waals surface area contributed by atoms with Crippen molar-refractivity contribution in [3.8, 4) is 5.75 Å². The number of ether oxygens (including phenoxy) is 1. The van der Waals surface area contributed by atoms with Gasteiger partial charge in [0.2, 0.25) is 10.0 Å². The Labute approximate surface area is 131 Å². The first kappa shape index (κ1) is 16.2. The Kier molecular flexibility index (Phi) is 4.92. The van der Waals surface area contributed by atoms with Gasteiger partial charge in [-0.1, -0.05) is 12.1 Å². The molecule has 0 fully saturated rings. The molecule has 0 spiro atoms. The lowest BCUT2D eigenvalue weighted by Crippen LogP contribution is -2.09. The monoisotopic (exact) mass is 320 g/mol. The molecule has 22 heavy (non-hydrogen) atoms. The van der Waals surface area contributed by atoms with Crippen molar-refractivity contribution in [3.05, 3.63) is 48.5 Å². The molecule has 0 amide bonds. The van der Waals surface area contributed by atoms with Gasteiger partial charge >= 0.3 is 0 Å². The average molecular weight is 320 g/mol. The summed E-state index contributed by atoms with van der Waals surface area (Å²) >= 11 is 0. The van der Waals surface area contributed by atoms with Gasteiger partial charge in [-0.3, -0.25) is 4.72 Å². The Morgan fingerprint density at radius 2 is 1.55 bits per heavy atom. The maximum Gasteiger partial charge on any atom is 0.229 e. The first-order chi connectivity index (χ1) is 10.3. The van der Waals surface area contributed by atoms with Crippen LogP contribution >= 0.6 is 0 Å². The van der Waals surface area contributed by atoms with Crippen molar-refractivity contribution in [2.24, 2.45) is 0 Å². The molecule has 0 aliphatic heterocycles. The van der Waals surface area contributed by atoms with E-state index in [4.69, 9.17) is 4.74 Å². The van der Waals surface area contributed by atoms with Crippen LogP contribution in [-0.2, 0) is 10.0 Å². The number of rotatable bonds is 6. The molecule has 6 heteroatoms. The molecule has 0 saturated heterocycles. The minimum absolute atomic E-state index is 0.0873. The Morgan fingerprint density at radius 3 is 2.14 bits per heavy atom. The summed E-state index contributed by atoms with van der Waals surface area (Å²) in [5, 5.41) is 3.27. The van der Waals surface area contributed by atoms with Crippen LogP contribution in [0, 0.1) is 0 Å². The van der Waals surface area contributed by atoms with Gasteiger partial charge in [0, 0.05) is 11.4 Å². The zero-order valence-corrected chi connectivity index (χ0v) is 13.6. The van der Waals surface area contributed by atoms with Gasteiger partial charge in [0.05, 0.1) is 18.0 Å². The zero-order valence-electron chi connectivity index (χ0n) is 12.8. The van der Waals surface area contributed by atoms with Gasteiger partial charge in [-0.25, -0.2) is 8.42 Å². The van der Waals surface area contributed by atoms with E-state index < -0.39 is 10.0 Å². The second kappa shape index (κ2) is 6.70. The minimum atomic E-state index is -3.26. The highest BCUT2D eigenvalue weighted by Crippen LogP contribution is 2.28. The standard InChI is InChI=1S/C16H20N2O3S/c1-12(2)21-16-7-5-4-6-15(16)17-13-8-10-14(11-9-13)18-22(3,19)20/h4-12,17-18H,1-3H3. The lowest BCUT2D eigenvalue weighted by atomic mass is 10.2. The fourth-order valence-corrected chi connectivity index (χ4v) is 2.48. The highest BCUT2D eigenvalue weighted by Gasteiger charge is 2.06. The van der Waals surface area contributed by atoms with E-state index in [1.165, 1.54) is 0 Å². The number of nitrogens with one attached hydrogen (secondary N) is 2. The van der Waals surface area contributed by atoms with Crippen molar-refractivity contribution in [2.75, 3.05) is 16.3 Å². The van der Waals surface area contributed by atoms with Gasteiger partial charge in [0.15, 0.2) is 0 Å². The van der Waals surface area contributed by atoms with E-state index >= 15 is 0 Å². The fraction of sp³-hybridized carbons (Fsp3) is 0.250. The largest absolute Gasteiger partial charge is 0.489 e. The highest BCUT2D eigenvalue weighted by atomic mass is 32.2. The van der Waals surface area contributed by atoms with Crippen molar-refractivity contribution < 1.29 is 13.2 Å². The van der Waals surface area contributed by atoms with Crippen molar-refractivity contribution in [1.82, 2.24) is 0 Å². The molecule has 0 atom stereocenters. The predicted octanol–water partition coefficient (Wildman–Crippen LogP) is 3.59. The van der Waals surface area contributed by atoms with Crippen LogP contribution in [0.1, 0.15) is 13.8 Å². The molecule has 0 aliphatic carbocycles. The number of hydrogen-bond acceptors (Lipinski definition) is 4. The molecular weight excluding hydrogens is 300 g/mol. The van der Waals surface area contributed by atoms with Gasteiger partial charge in [0.25, 0.3) is 0 Å². The topological polar surface area (TPSA) is 67.4 Å². The van der Waals surface area contributed by atoms with Crippen molar-refractivity contribution in [3.63, 3.8) is 0 Å². The van der Waals surface area contributed by atoms with Gasteiger partial charge in [-0.2, -0.15) is 0 Å². The summed E-state index contributed by atoms with van der Waals surface area (Å²) in [6, 6.07) is 14.7. The molecule has 0 heterocycles. The summed E-state index contributed by atoms with van der Waals surface area (Å²) in [6.45, 7) is 3.95. The molecule has 2 aromatic rings. The summed E-state index contributed by atoms with van der Waals surface area (Å²) in [6.07, 6.45) is 1.21. The molecule has 5 nitrogen and oxygen atoms in total. The average Bonchev–Trinajstić information content (AvgIpc) is 2.41. The van der Waals surface area contributed by atoms with Gasteiger partial charge < -0.3 is 10.1 Å². The van der Waals surface area contributed by atoms with E-state index in [2.05, 4.69) is 10.0 Å². The quantitative estimate of drug-likeness (QED) is 0.853. The van der Waals surface area contributed by atoms with E-state index in [1.807, 2.05) is 38.1 Å². The lowest BCUT2D eigenvalue weighted by Gasteiger charge is -2.15. The highest BCUT2D eigenvalue weighted by molar-refractivity contribution is 7.92. The second-order valence-corrected chi connectivity index (χ2v) is 6.99. The predicted molar refractivity (Wildman–Crippen MR) is 90.4 cm³/mol. The summed E-state index contributed by atoms with van der Waals surface area (Å²) < 4.78 is 30.5. The van der Waals surface area contributed by atoms with E-state index in [-0.39, 0.29) is 6.10 Å². The molecule has 0 unspecified atom stereocenters. The van der Waals surface area contributed by atoms with E-state index in [0.29, 0.717) is 5.69 Å². The first-order valence-electron chi connectivity index (χ1n) is 6.94. The molecule has 2 N–H and O–H groups in total. The number of sulfonamides is 1. The van der Waals surface area contributed by atoms with Crippen molar-refractivity contribution in [2.45, 2.75) is 20.0 Å². The number of benzene rings is 2. The van der Waals surface area contributed by atoms with Crippen LogP contribution in [-0.4, -0.2) is 20.8 Å². The molecule has 2 rings (SSSR count). The number of anilines is 3. The maximum atomic E-state index is 11.2. The Balaban J connectivity index is 2.14. The molecule has 0 bridgehead atoms. The van der Waals surface area contributed by atoms with Gasteiger partial charge in [0.1, 0.15) is 5.75 Å². The first-order valence-corrected chi connectivity index (χ1v) is 8.83. The van der Waals surface area contributed by atoms with Gasteiger partial charge in [-0.05, 0) is 50.2 Å². The van der Waals surface area contributed by atoms with Crippen LogP contribution in [0.2, 0.25) is 0 Å². The maximum absolute atomic E-state index is 11.2. The molecular formula is C16H20N2O3S. The smallest absolute Gasteiger partial charge is 0.229 e. The third-order valence-electron chi connectivity index (χ3n) is 2.72. The van der Waals surface area contributed by atoms with E-state index in [0.717, 1.165) is 23.4 Å². The van der Waals surface area contributed by atoms with Crippen LogP contribution in [0.4, 0.5) is 17.1 Å². The minimum Gasteiger partial charge on any atom is -0.489 e.